The van der Waals surface area contributed by atoms with Crippen LogP contribution in [0.1, 0.15) is 5.56 Å². The molecule has 2 N–H and O–H groups in total. The van der Waals surface area contributed by atoms with Gasteiger partial charge in [-0.15, -0.1) is 0 Å². The van der Waals surface area contributed by atoms with E-state index < -0.39 is 7.60 Å². The van der Waals surface area contributed by atoms with Crippen molar-refractivity contribution in [2.45, 2.75) is 6.42 Å². The minimum absolute atomic E-state index is 0.112. The molecule has 0 atom stereocenters. The Morgan fingerprint density at radius 3 is 2.75 bits per heavy atom. The van der Waals surface area contributed by atoms with Crippen molar-refractivity contribution < 1.29 is 14.4 Å². The number of pyridine rings is 1. The molecule has 0 saturated carbocycles. The molecule has 0 aliphatic heterocycles. The van der Waals surface area contributed by atoms with E-state index in [9.17, 15) is 4.57 Å². The second kappa shape index (κ2) is 4.34. The lowest BCUT2D eigenvalue weighted by Gasteiger charge is -2.05. The highest BCUT2D eigenvalue weighted by atomic mass is 31.2. The quantitative estimate of drug-likeness (QED) is 0.800. The number of benzene rings is 1. The average molecular weight is 237 g/mol. The first kappa shape index (κ1) is 11.3. The van der Waals surface area contributed by atoms with E-state index >= 15 is 0 Å². The van der Waals surface area contributed by atoms with Crippen molar-refractivity contribution in [2.75, 3.05) is 6.16 Å². The number of nitrogens with zero attached hydrogens (tertiary/aromatic N) is 1. The third kappa shape index (κ3) is 2.89. The van der Waals surface area contributed by atoms with E-state index in [1.165, 1.54) is 0 Å². The van der Waals surface area contributed by atoms with Gasteiger partial charge in [0.2, 0.25) is 0 Å². The van der Waals surface area contributed by atoms with E-state index in [1.807, 2.05) is 24.3 Å². The van der Waals surface area contributed by atoms with Crippen LogP contribution < -0.4 is 0 Å². The first-order valence-corrected chi connectivity index (χ1v) is 6.72. The van der Waals surface area contributed by atoms with Crippen LogP contribution in [0.3, 0.4) is 0 Å². The van der Waals surface area contributed by atoms with Crippen LogP contribution in [-0.2, 0) is 11.0 Å². The first-order chi connectivity index (χ1) is 7.54. The summed E-state index contributed by atoms with van der Waals surface area (Å²) in [4.78, 5) is 21.6. The van der Waals surface area contributed by atoms with E-state index in [1.54, 1.807) is 12.4 Å². The van der Waals surface area contributed by atoms with Gasteiger partial charge in [-0.2, -0.15) is 0 Å². The second-order valence-electron chi connectivity index (χ2n) is 3.70. The van der Waals surface area contributed by atoms with E-state index in [0.29, 0.717) is 6.42 Å². The zero-order valence-electron chi connectivity index (χ0n) is 8.58. The molecule has 0 unspecified atom stereocenters. The fourth-order valence-electron chi connectivity index (χ4n) is 1.56. The van der Waals surface area contributed by atoms with Gasteiger partial charge in [-0.05, 0) is 29.5 Å². The molecule has 0 spiro atoms. The van der Waals surface area contributed by atoms with Gasteiger partial charge < -0.3 is 9.79 Å². The summed E-state index contributed by atoms with van der Waals surface area (Å²) >= 11 is 0. The van der Waals surface area contributed by atoms with Crippen molar-refractivity contribution in [3.8, 4) is 0 Å². The van der Waals surface area contributed by atoms with Gasteiger partial charge in [-0.1, -0.05) is 12.1 Å². The lowest BCUT2D eigenvalue weighted by molar-refractivity contribution is 0.373. The zero-order chi connectivity index (χ0) is 11.6. The Labute approximate surface area is 93.1 Å². The summed E-state index contributed by atoms with van der Waals surface area (Å²) in [6, 6.07) is 7.64. The van der Waals surface area contributed by atoms with Crippen LogP contribution in [0.2, 0.25) is 0 Å². The van der Waals surface area contributed by atoms with E-state index in [-0.39, 0.29) is 6.16 Å². The monoisotopic (exact) mass is 237 g/mol. The molecule has 0 saturated heterocycles. The Bertz CT molecular complexity index is 550. The van der Waals surface area contributed by atoms with Crippen molar-refractivity contribution in [3.63, 3.8) is 0 Å². The maximum Gasteiger partial charge on any atom is 0.325 e. The van der Waals surface area contributed by atoms with E-state index in [0.717, 1.165) is 16.3 Å². The summed E-state index contributed by atoms with van der Waals surface area (Å²) in [5, 5.41) is 2.07. The van der Waals surface area contributed by atoms with Gasteiger partial charge in [0.25, 0.3) is 0 Å². The summed E-state index contributed by atoms with van der Waals surface area (Å²) in [5.41, 5.74) is 0.920. The summed E-state index contributed by atoms with van der Waals surface area (Å²) in [6.07, 6.45) is 3.74. The summed E-state index contributed by atoms with van der Waals surface area (Å²) in [7, 11) is -3.91. The molecule has 0 fully saturated rings. The fourth-order valence-corrected chi connectivity index (χ4v) is 2.11. The Balaban J connectivity index is 2.23. The zero-order valence-corrected chi connectivity index (χ0v) is 9.47. The predicted octanol–water partition coefficient (Wildman–Crippen LogP) is 1.95. The van der Waals surface area contributed by atoms with Crippen LogP contribution in [0.4, 0.5) is 0 Å². The van der Waals surface area contributed by atoms with Gasteiger partial charge in [0.15, 0.2) is 0 Å². The first-order valence-electron chi connectivity index (χ1n) is 4.92. The molecule has 16 heavy (non-hydrogen) atoms. The Morgan fingerprint density at radius 1 is 1.19 bits per heavy atom. The highest BCUT2D eigenvalue weighted by Gasteiger charge is 2.12. The molecular weight excluding hydrogens is 225 g/mol. The topological polar surface area (TPSA) is 70.4 Å². The molecule has 1 aromatic heterocycles. The fraction of sp³-hybridized carbons (Fsp3) is 0.182. The number of aromatic nitrogens is 1. The number of rotatable bonds is 3. The van der Waals surface area contributed by atoms with E-state index in [2.05, 4.69) is 4.98 Å². The van der Waals surface area contributed by atoms with Crippen molar-refractivity contribution in [1.29, 1.82) is 0 Å². The standard InChI is InChI=1S/C11H12NO3P/c13-16(14,15)6-4-9-1-2-10-3-5-12-8-11(10)7-9/h1-3,5,7-8H,4,6H2,(H2,13,14,15). The largest absolute Gasteiger partial charge is 0.325 e. The minimum atomic E-state index is -3.91. The van der Waals surface area contributed by atoms with Crippen molar-refractivity contribution in [1.82, 2.24) is 4.98 Å². The third-order valence-corrected chi connectivity index (χ3v) is 3.20. The van der Waals surface area contributed by atoms with Gasteiger partial charge >= 0.3 is 7.60 Å². The summed E-state index contributed by atoms with van der Waals surface area (Å²) < 4.78 is 10.8. The van der Waals surface area contributed by atoms with Gasteiger partial charge in [0.1, 0.15) is 0 Å². The van der Waals surface area contributed by atoms with Crippen LogP contribution in [-0.4, -0.2) is 20.9 Å². The Hall–Kier alpha value is -1.22. The van der Waals surface area contributed by atoms with Crippen LogP contribution in [0.5, 0.6) is 0 Å². The molecule has 5 heteroatoms. The molecule has 4 nitrogen and oxygen atoms in total. The van der Waals surface area contributed by atoms with Crippen molar-refractivity contribution in [3.05, 3.63) is 42.2 Å². The van der Waals surface area contributed by atoms with Gasteiger partial charge in [0.05, 0.1) is 6.16 Å². The molecule has 0 aliphatic rings. The third-order valence-electron chi connectivity index (χ3n) is 2.40. The number of aryl methyl sites for hydroxylation is 1. The molecule has 0 amide bonds. The second-order valence-corrected chi connectivity index (χ2v) is 5.47. The minimum Gasteiger partial charge on any atom is -0.324 e. The summed E-state index contributed by atoms with van der Waals surface area (Å²) in [5.74, 6) is 0. The highest BCUT2D eigenvalue weighted by Crippen LogP contribution is 2.35. The van der Waals surface area contributed by atoms with Crippen molar-refractivity contribution in [2.24, 2.45) is 0 Å². The Kier molecular flexibility index (Phi) is 3.06. The van der Waals surface area contributed by atoms with Crippen LogP contribution in [0.15, 0.2) is 36.7 Å². The lowest BCUT2D eigenvalue weighted by Crippen LogP contribution is -1.93. The average Bonchev–Trinajstić information content (AvgIpc) is 2.25. The number of hydrogen-bond donors (Lipinski definition) is 2. The van der Waals surface area contributed by atoms with E-state index in [4.69, 9.17) is 9.79 Å². The molecule has 0 radical (unpaired) electrons. The molecular formula is C11H12NO3P. The van der Waals surface area contributed by atoms with Crippen LogP contribution in [0, 0.1) is 0 Å². The van der Waals surface area contributed by atoms with Crippen molar-refractivity contribution >= 4 is 18.4 Å². The maximum absolute atomic E-state index is 10.8. The maximum atomic E-state index is 10.8. The molecule has 1 aromatic carbocycles. The normalized spacial score (nSPS) is 11.9. The van der Waals surface area contributed by atoms with Gasteiger partial charge in [-0.3, -0.25) is 9.55 Å². The molecule has 2 aromatic rings. The molecule has 1 heterocycles. The smallest absolute Gasteiger partial charge is 0.324 e. The number of hydrogen-bond acceptors (Lipinski definition) is 2. The van der Waals surface area contributed by atoms with Gasteiger partial charge in [-0.25, -0.2) is 0 Å². The molecule has 84 valence electrons. The lowest BCUT2D eigenvalue weighted by atomic mass is 10.1. The Morgan fingerprint density at radius 2 is 2.00 bits per heavy atom. The molecule has 2 rings (SSSR count). The highest BCUT2D eigenvalue weighted by molar-refractivity contribution is 7.51. The molecule has 0 bridgehead atoms. The van der Waals surface area contributed by atoms with Crippen LogP contribution in [0.25, 0.3) is 10.8 Å². The van der Waals surface area contributed by atoms with Gasteiger partial charge in [0, 0.05) is 17.8 Å². The SMILES string of the molecule is O=P(O)(O)CCc1ccc2ccncc2c1. The number of fused-ring (bicyclic) bond motifs is 1. The molecule has 0 aliphatic carbocycles. The summed E-state index contributed by atoms with van der Waals surface area (Å²) in [6.45, 7) is 0. The van der Waals surface area contributed by atoms with Crippen LogP contribution >= 0.6 is 7.60 Å². The predicted molar refractivity (Wildman–Crippen MR) is 62.4 cm³/mol.